The largest absolute Gasteiger partial charge is 0.259 e. The lowest BCUT2D eigenvalue weighted by Crippen LogP contribution is -1.79. The molecule has 0 amide bonds. The number of aromatic amines is 1. The van der Waals surface area contributed by atoms with E-state index in [1.54, 1.807) is 0 Å². The van der Waals surface area contributed by atoms with Crippen molar-refractivity contribution in [3.05, 3.63) is 23.8 Å². The monoisotopic (exact) mass is 162 g/mol. The summed E-state index contributed by atoms with van der Waals surface area (Å²) in [7, 11) is 0. The Bertz CT molecular complexity index is 468. The molecule has 0 radical (unpaired) electrons. The van der Waals surface area contributed by atoms with Crippen molar-refractivity contribution in [3.8, 4) is 6.07 Å². The van der Waals surface area contributed by atoms with E-state index in [1.165, 1.54) is 6.07 Å². The summed E-state index contributed by atoms with van der Waals surface area (Å²) in [6, 6.07) is 3.05. The summed E-state index contributed by atoms with van der Waals surface area (Å²) in [5, 5.41) is 15.1. The summed E-state index contributed by atoms with van der Waals surface area (Å²) in [5.41, 5.74) is 0.588. The fourth-order valence-electron chi connectivity index (χ4n) is 0.963. The molecule has 0 aromatic carbocycles. The highest BCUT2D eigenvalue weighted by Gasteiger charge is 2.05. The maximum Gasteiger partial charge on any atom is 0.171 e. The number of hydrogen-bond donors (Lipinski definition) is 1. The van der Waals surface area contributed by atoms with E-state index in [1.807, 2.05) is 6.07 Å². The smallest absolute Gasteiger partial charge is 0.171 e. The van der Waals surface area contributed by atoms with Gasteiger partial charge in [-0.25, -0.2) is 9.37 Å². The number of fused-ring (bicyclic) bond motifs is 1. The summed E-state index contributed by atoms with van der Waals surface area (Å²) < 4.78 is 12.6. The van der Waals surface area contributed by atoms with Crippen molar-refractivity contribution in [1.29, 1.82) is 5.26 Å². The average Bonchev–Trinajstić information content (AvgIpc) is 2.46. The van der Waals surface area contributed by atoms with Crippen molar-refractivity contribution >= 4 is 11.0 Å². The molecule has 2 rings (SSSR count). The maximum absolute atomic E-state index is 12.6. The van der Waals surface area contributed by atoms with Gasteiger partial charge in [0.05, 0.1) is 11.6 Å². The van der Waals surface area contributed by atoms with Gasteiger partial charge in [-0.15, -0.1) is 0 Å². The van der Waals surface area contributed by atoms with Gasteiger partial charge < -0.3 is 0 Å². The van der Waals surface area contributed by atoms with Crippen molar-refractivity contribution in [2.75, 3.05) is 0 Å². The molecule has 0 aliphatic rings. The molecule has 58 valence electrons. The molecule has 12 heavy (non-hydrogen) atoms. The topological polar surface area (TPSA) is 65.4 Å². The number of nitriles is 1. The fourth-order valence-corrected chi connectivity index (χ4v) is 0.963. The molecule has 0 saturated heterocycles. The number of pyridine rings is 1. The Hall–Kier alpha value is -1.96. The van der Waals surface area contributed by atoms with Gasteiger partial charge in [0.1, 0.15) is 11.9 Å². The predicted octanol–water partition coefficient (Wildman–Crippen LogP) is 0.969. The second kappa shape index (κ2) is 2.27. The minimum Gasteiger partial charge on any atom is -0.259 e. The van der Waals surface area contributed by atoms with Gasteiger partial charge in [-0.1, -0.05) is 0 Å². The first-order valence-electron chi connectivity index (χ1n) is 3.21. The van der Waals surface area contributed by atoms with Crippen molar-refractivity contribution in [3.63, 3.8) is 0 Å². The molecule has 0 bridgehead atoms. The van der Waals surface area contributed by atoms with Crippen molar-refractivity contribution < 1.29 is 4.39 Å². The van der Waals surface area contributed by atoms with E-state index >= 15 is 0 Å². The number of halogens is 1. The Morgan fingerprint density at radius 3 is 3.17 bits per heavy atom. The van der Waals surface area contributed by atoms with Crippen molar-refractivity contribution in [2.45, 2.75) is 0 Å². The average molecular weight is 162 g/mol. The van der Waals surface area contributed by atoms with Crippen LogP contribution >= 0.6 is 0 Å². The Morgan fingerprint density at radius 1 is 1.58 bits per heavy atom. The molecule has 5 heteroatoms. The molecule has 0 aliphatic heterocycles. The molecule has 0 saturated carbocycles. The van der Waals surface area contributed by atoms with Gasteiger partial charge in [-0.05, 0) is 6.07 Å². The third kappa shape index (κ3) is 0.820. The van der Waals surface area contributed by atoms with Crippen LogP contribution in [0.15, 0.2) is 12.3 Å². The highest BCUT2D eigenvalue weighted by molar-refractivity contribution is 5.79. The number of nitrogens with one attached hydrogen (secondary N) is 1. The summed E-state index contributed by atoms with van der Waals surface area (Å²) in [5.74, 6) is -0.472. The summed E-state index contributed by atoms with van der Waals surface area (Å²) in [4.78, 5) is 3.71. The molecule has 4 nitrogen and oxygen atoms in total. The number of nitrogens with zero attached hydrogens (tertiary/aromatic N) is 3. The van der Waals surface area contributed by atoms with Gasteiger partial charge in [-0.2, -0.15) is 10.4 Å². The predicted molar refractivity (Wildman–Crippen MR) is 38.6 cm³/mol. The quantitative estimate of drug-likeness (QED) is 0.627. The van der Waals surface area contributed by atoms with Crippen LogP contribution < -0.4 is 0 Å². The summed E-state index contributed by atoms with van der Waals surface area (Å²) in [6.45, 7) is 0. The van der Waals surface area contributed by atoms with Crippen LogP contribution in [0.1, 0.15) is 5.69 Å². The van der Waals surface area contributed by atoms with E-state index in [0.29, 0.717) is 11.0 Å². The lowest BCUT2D eigenvalue weighted by atomic mass is 10.3. The van der Waals surface area contributed by atoms with E-state index in [9.17, 15) is 4.39 Å². The minimum absolute atomic E-state index is 0.164. The molecule has 0 atom stereocenters. The molecule has 0 aliphatic carbocycles. The Balaban J connectivity index is 2.86. The third-order valence-electron chi connectivity index (χ3n) is 1.49. The van der Waals surface area contributed by atoms with E-state index in [-0.39, 0.29) is 5.69 Å². The van der Waals surface area contributed by atoms with Gasteiger partial charge in [0, 0.05) is 0 Å². The molecule has 2 aromatic heterocycles. The van der Waals surface area contributed by atoms with Crippen molar-refractivity contribution in [1.82, 2.24) is 15.2 Å². The standard InChI is InChI=1S/C7H3FN4/c8-4-1-5-6(2-9)11-12-7(5)10-3-4/h1,3H,(H,10,11,12). The molecule has 0 spiro atoms. The van der Waals surface area contributed by atoms with Crippen LogP contribution in [0.3, 0.4) is 0 Å². The molecular formula is C7H3FN4. The fraction of sp³-hybridized carbons (Fsp3) is 0. The zero-order chi connectivity index (χ0) is 8.55. The first kappa shape index (κ1) is 6.73. The van der Waals surface area contributed by atoms with Crippen molar-refractivity contribution in [2.24, 2.45) is 0 Å². The number of rotatable bonds is 0. The zero-order valence-corrected chi connectivity index (χ0v) is 5.87. The zero-order valence-electron chi connectivity index (χ0n) is 5.87. The lowest BCUT2D eigenvalue weighted by Gasteiger charge is -1.86. The van der Waals surface area contributed by atoms with Crippen LogP contribution in [0, 0.1) is 17.1 Å². The number of H-pyrrole nitrogens is 1. The molecule has 0 fully saturated rings. The minimum atomic E-state index is -0.472. The molecule has 0 unspecified atom stereocenters. The van der Waals surface area contributed by atoms with E-state index in [2.05, 4.69) is 15.2 Å². The van der Waals surface area contributed by atoms with E-state index < -0.39 is 5.82 Å². The summed E-state index contributed by atoms with van der Waals surface area (Å²) >= 11 is 0. The Kier molecular flexibility index (Phi) is 1.27. The molecule has 2 aromatic rings. The maximum atomic E-state index is 12.6. The van der Waals surface area contributed by atoms with Gasteiger partial charge in [0.25, 0.3) is 0 Å². The molecule has 2 heterocycles. The van der Waals surface area contributed by atoms with Crippen LogP contribution in [0.2, 0.25) is 0 Å². The van der Waals surface area contributed by atoms with Gasteiger partial charge >= 0.3 is 0 Å². The van der Waals surface area contributed by atoms with Crippen LogP contribution in [0.25, 0.3) is 11.0 Å². The van der Waals surface area contributed by atoms with E-state index in [0.717, 1.165) is 6.20 Å². The third-order valence-corrected chi connectivity index (χ3v) is 1.49. The normalized spacial score (nSPS) is 10.0. The highest BCUT2D eigenvalue weighted by Crippen LogP contribution is 2.13. The van der Waals surface area contributed by atoms with Gasteiger partial charge in [0.2, 0.25) is 0 Å². The van der Waals surface area contributed by atoms with Gasteiger partial charge in [-0.3, -0.25) is 5.10 Å². The number of hydrogen-bond acceptors (Lipinski definition) is 3. The Labute approximate surface area is 66.7 Å². The lowest BCUT2D eigenvalue weighted by molar-refractivity contribution is 0.624. The van der Waals surface area contributed by atoms with E-state index in [4.69, 9.17) is 5.26 Å². The van der Waals surface area contributed by atoms with Gasteiger partial charge in [0.15, 0.2) is 11.3 Å². The number of aromatic nitrogens is 3. The second-order valence-corrected chi connectivity index (χ2v) is 2.23. The molecule has 1 N–H and O–H groups in total. The molecular weight excluding hydrogens is 159 g/mol. The SMILES string of the molecule is N#Cc1n[nH]c2ncc(F)cc12. The second-order valence-electron chi connectivity index (χ2n) is 2.23. The van der Waals surface area contributed by atoms with Crippen LogP contribution in [-0.2, 0) is 0 Å². The first-order chi connectivity index (χ1) is 5.81. The Morgan fingerprint density at radius 2 is 2.42 bits per heavy atom. The summed E-state index contributed by atoms with van der Waals surface area (Å²) in [6.07, 6.45) is 1.07. The first-order valence-corrected chi connectivity index (χ1v) is 3.21. The van der Waals surface area contributed by atoms with Crippen LogP contribution in [-0.4, -0.2) is 15.2 Å². The highest BCUT2D eigenvalue weighted by atomic mass is 19.1. The van der Waals surface area contributed by atoms with Crippen LogP contribution in [0.5, 0.6) is 0 Å². The van der Waals surface area contributed by atoms with Crippen LogP contribution in [0.4, 0.5) is 4.39 Å².